The molecule has 0 heterocycles. The average Bonchev–Trinajstić information content (AvgIpc) is 2.16. The van der Waals surface area contributed by atoms with Gasteiger partial charge >= 0.3 is 0 Å². The van der Waals surface area contributed by atoms with Gasteiger partial charge in [-0.3, -0.25) is 0 Å². The van der Waals surface area contributed by atoms with Crippen LogP contribution in [0.5, 0.6) is 0 Å². The van der Waals surface area contributed by atoms with E-state index >= 15 is 0 Å². The van der Waals surface area contributed by atoms with E-state index in [-0.39, 0.29) is 0 Å². The van der Waals surface area contributed by atoms with Crippen LogP contribution in [0.4, 0.5) is 0 Å². The highest BCUT2D eigenvalue weighted by Gasteiger charge is 2.15. The van der Waals surface area contributed by atoms with Crippen LogP contribution in [-0.4, -0.2) is 5.11 Å². The second kappa shape index (κ2) is 5.85. The Morgan fingerprint density at radius 1 is 1.46 bits per heavy atom. The molecule has 76 valence electrons. The zero-order chi connectivity index (χ0) is 10.4. The van der Waals surface area contributed by atoms with Crippen molar-refractivity contribution in [2.75, 3.05) is 0 Å². The van der Waals surface area contributed by atoms with Gasteiger partial charge in [-0.15, -0.1) is 0 Å². The van der Waals surface area contributed by atoms with Crippen LogP contribution in [0.1, 0.15) is 47.5 Å². The van der Waals surface area contributed by atoms with Crippen LogP contribution in [0.25, 0.3) is 0 Å². The molecule has 1 unspecified atom stereocenters. The minimum absolute atomic E-state index is 0.329. The topological polar surface area (TPSA) is 20.2 Å². The first-order valence-electron chi connectivity index (χ1n) is 5.24. The van der Waals surface area contributed by atoms with Gasteiger partial charge in [0.25, 0.3) is 0 Å². The lowest BCUT2D eigenvalue weighted by Gasteiger charge is -2.19. The summed E-state index contributed by atoms with van der Waals surface area (Å²) in [6.45, 7) is 10.2. The molecular weight excluding hydrogens is 160 g/mol. The fourth-order valence-electron chi connectivity index (χ4n) is 1.56. The van der Waals surface area contributed by atoms with Gasteiger partial charge in [-0.25, -0.2) is 0 Å². The Hall–Kier alpha value is -0.720. The summed E-state index contributed by atoms with van der Waals surface area (Å²) in [6, 6.07) is 0. The number of hydrogen-bond donors (Lipinski definition) is 1. The third kappa shape index (κ3) is 3.25. The fraction of sp³-hybridized carbons (Fsp3) is 0.667. The van der Waals surface area contributed by atoms with Gasteiger partial charge in [0.2, 0.25) is 0 Å². The van der Waals surface area contributed by atoms with Crippen molar-refractivity contribution in [1.82, 2.24) is 0 Å². The molecule has 1 heteroatoms. The molecule has 1 nitrogen and oxygen atoms in total. The molecule has 0 aromatic rings. The smallest absolute Gasteiger partial charge is 0.0982 e. The van der Waals surface area contributed by atoms with E-state index in [9.17, 15) is 5.11 Å². The summed E-state index contributed by atoms with van der Waals surface area (Å²) in [5.41, 5.74) is 2.49. The Kier molecular flexibility index (Phi) is 5.52. The zero-order valence-corrected chi connectivity index (χ0v) is 9.52. The normalized spacial score (nSPS) is 21.9. The Labute approximate surface area is 82.2 Å². The van der Waals surface area contributed by atoms with Gasteiger partial charge < -0.3 is 5.11 Å². The second-order valence-electron chi connectivity index (χ2n) is 3.33. The van der Waals surface area contributed by atoms with Crippen molar-refractivity contribution in [3.63, 3.8) is 0 Å². The van der Waals surface area contributed by atoms with Crippen molar-refractivity contribution < 1.29 is 5.11 Å². The predicted molar refractivity (Wildman–Crippen MR) is 58.8 cm³/mol. The maximum absolute atomic E-state index is 9.49. The summed E-state index contributed by atoms with van der Waals surface area (Å²) in [4.78, 5) is 0. The Bertz CT molecular complexity index is 211. The van der Waals surface area contributed by atoms with Gasteiger partial charge in [-0.05, 0) is 25.3 Å². The zero-order valence-electron chi connectivity index (χ0n) is 9.52. The van der Waals surface area contributed by atoms with E-state index in [0.29, 0.717) is 11.7 Å². The maximum atomic E-state index is 9.49. The molecule has 0 saturated heterocycles. The van der Waals surface area contributed by atoms with E-state index in [1.54, 1.807) is 0 Å². The fourth-order valence-corrected chi connectivity index (χ4v) is 1.56. The van der Waals surface area contributed by atoms with Gasteiger partial charge in [0.1, 0.15) is 0 Å². The summed E-state index contributed by atoms with van der Waals surface area (Å²) in [6.07, 6.45) is 4.24. The first kappa shape index (κ1) is 12.3. The largest absolute Gasteiger partial charge is 0.512 e. The molecular formula is C12H22O. The van der Waals surface area contributed by atoms with Gasteiger partial charge in [-0.2, -0.15) is 0 Å². The third-order valence-corrected chi connectivity index (χ3v) is 2.31. The molecule has 0 radical (unpaired) electrons. The maximum Gasteiger partial charge on any atom is 0.0982 e. The molecule has 1 aliphatic carbocycles. The summed E-state index contributed by atoms with van der Waals surface area (Å²) in [7, 11) is 0. The van der Waals surface area contributed by atoms with Crippen molar-refractivity contribution in [1.29, 1.82) is 0 Å². The van der Waals surface area contributed by atoms with Gasteiger partial charge in [0, 0.05) is 5.92 Å². The lowest BCUT2D eigenvalue weighted by atomic mass is 9.89. The Morgan fingerprint density at radius 2 is 2.00 bits per heavy atom. The summed E-state index contributed by atoms with van der Waals surface area (Å²) >= 11 is 0. The van der Waals surface area contributed by atoms with Crippen LogP contribution in [0.2, 0.25) is 0 Å². The molecule has 0 fully saturated rings. The molecule has 0 spiro atoms. The standard InChI is InChI=1S/C10H16O.C2H6/c1-4-9-5-7(2)10(11)8(3)6-9;1-2/h5,8,11H,4,6H2,1-3H3;1-2H3. The highest BCUT2D eigenvalue weighted by molar-refractivity contribution is 5.30. The Balaban J connectivity index is 0.000000671. The number of hydrogen-bond acceptors (Lipinski definition) is 1. The quantitative estimate of drug-likeness (QED) is 0.643. The minimum Gasteiger partial charge on any atom is -0.512 e. The molecule has 1 rings (SSSR count). The summed E-state index contributed by atoms with van der Waals surface area (Å²) < 4.78 is 0. The molecule has 0 bridgehead atoms. The number of rotatable bonds is 1. The van der Waals surface area contributed by atoms with E-state index in [0.717, 1.165) is 18.4 Å². The van der Waals surface area contributed by atoms with Crippen LogP contribution in [0, 0.1) is 5.92 Å². The molecule has 13 heavy (non-hydrogen) atoms. The number of aliphatic hydroxyl groups excluding tert-OH is 1. The monoisotopic (exact) mass is 182 g/mol. The third-order valence-electron chi connectivity index (χ3n) is 2.31. The molecule has 0 aromatic carbocycles. The lowest BCUT2D eigenvalue weighted by molar-refractivity contribution is 0.329. The molecule has 1 N–H and O–H groups in total. The molecule has 0 amide bonds. The van der Waals surface area contributed by atoms with E-state index in [2.05, 4.69) is 19.9 Å². The minimum atomic E-state index is 0.329. The van der Waals surface area contributed by atoms with E-state index < -0.39 is 0 Å². The SMILES string of the molecule is CC.CCC1=CC(C)=C(O)C(C)C1. The van der Waals surface area contributed by atoms with E-state index in [1.807, 2.05) is 20.8 Å². The molecule has 0 saturated carbocycles. The first-order chi connectivity index (χ1) is 6.15. The first-order valence-corrected chi connectivity index (χ1v) is 5.24. The molecule has 1 aliphatic rings. The van der Waals surface area contributed by atoms with E-state index in [1.165, 1.54) is 5.57 Å². The van der Waals surface area contributed by atoms with Gasteiger partial charge in [0.15, 0.2) is 0 Å². The highest BCUT2D eigenvalue weighted by Crippen LogP contribution is 2.28. The lowest BCUT2D eigenvalue weighted by Crippen LogP contribution is -2.07. The molecule has 0 aromatic heterocycles. The summed E-state index contributed by atoms with van der Waals surface area (Å²) in [5.74, 6) is 0.900. The van der Waals surface area contributed by atoms with Crippen LogP contribution in [-0.2, 0) is 0 Å². The Morgan fingerprint density at radius 3 is 2.38 bits per heavy atom. The van der Waals surface area contributed by atoms with Crippen molar-refractivity contribution in [3.8, 4) is 0 Å². The van der Waals surface area contributed by atoms with Crippen LogP contribution >= 0.6 is 0 Å². The number of allylic oxidation sites excluding steroid dienone is 4. The van der Waals surface area contributed by atoms with Crippen LogP contribution < -0.4 is 0 Å². The van der Waals surface area contributed by atoms with Gasteiger partial charge in [-0.1, -0.05) is 39.3 Å². The van der Waals surface area contributed by atoms with E-state index in [4.69, 9.17) is 0 Å². The van der Waals surface area contributed by atoms with Crippen molar-refractivity contribution in [3.05, 3.63) is 23.0 Å². The highest BCUT2D eigenvalue weighted by atomic mass is 16.3. The van der Waals surface area contributed by atoms with Crippen molar-refractivity contribution in [2.45, 2.75) is 47.5 Å². The van der Waals surface area contributed by atoms with Gasteiger partial charge in [0.05, 0.1) is 5.76 Å². The molecule has 1 atom stereocenters. The van der Waals surface area contributed by atoms with Crippen LogP contribution in [0.3, 0.4) is 0 Å². The summed E-state index contributed by atoms with van der Waals surface area (Å²) in [5, 5.41) is 9.49. The second-order valence-corrected chi connectivity index (χ2v) is 3.33. The predicted octanol–water partition coefficient (Wildman–Crippen LogP) is 4.22. The molecule has 0 aliphatic heterocycles. The average molecular weight is 182 g/mol. The van der Waals surface area contributed by atoms with Crippen molar-refractivity contribution in [2.24, 2.45) is 5.92 Å². The van der Waals surface area contributed by atoms with Crippen molar-refractivity contribution >= 4 is 0 Å². The van der Waals surface area contributed by atoms with Crippen LogP contribution in [0.15, 0.2) is 23.0 Å². The number of aliphatic hydroxyl groups is 1.